The van der Waals surface area contributed by atoms with Crippen LogP contribution in [0.3, 0.4) is 0 Å². The Bertz CT molecular complexity index is 539. The summed E-state index contributed by atoms with van der Waals surface area (Å²) in [6.07, 6.45) is 1.01. The predicted octanol–water partition coefficient (Wildman–Crippen LogP) is 2.85. The summed E-state index contributed by atoms with van der Waals surface area (Å²) >= 11 is 0. The van der Waals surface area contributed by atoms with E-state index in [9.17, 15) is 4.39 Å². The van der Waals surface area contributed by atoms with Gasteiger partial charge in [-0.3, -0.25) is 0 Å². The number of hydrogen-bond donors (Lipinski definition) is 1. The second kappa shape index (κ2) is 6.06. The maximum absolute atomic E-state index is 13.1. The van der Waals surface area contributed by atoms with E-state index in [1.165, 1.54) is 17.7 Å². The summed E-state index contributed by atoms with van der Waals surface area (Å²) in [6.45, 7) is 2.90. The van der Waals surface area contributed by atoms with Crippen LogP contribution in [0.2, 0.25) is 0 Å². The zero-order chi connectivity index (χ0) is 13.8. The number of halogens is 1. The van der Waals surface area contributed by atoms with Crippen LogP contribution in [-0.4, -0.2) is 25.7 Å². The van der Waals surface area contributed by atoms with Crippen molar-refractivity contribution < 1.29 is 4.39 Å². The van der Waals surface area contributed by atoms with Gasteiger partial charge in [-0.05, 0) is 36.2 Å². The predicted molar refractivity (Wildman–Crippen MR) is 80.5 cm³/mol. The second-order valence-corrected chi connectivity index (χ2v) is 5.22. The fourth-order valence-corrected chi connectivity index (χ4v) is 2.80. The average Bonchev–Trinajstić information content (AvgIpc) is 2.50. The van der Waals surface area contributed by atoms with Crippen molar-refractivity contribution in [2.24, 2.45) is 0 Å². The molecule has 1 atom stereocenters. The zero-order valence-electron chi connectivity index (χ0n) is 11.4. The maximum Gasteiger partial charge on any atom is 0.123 e. The van der Waals surface area contributed by atoms with E-state index >= 15 is 0 Å². The fourth-order valence-electron chi connectivity index (χ4n) is 2.80. The summed E-state index contributed by atoms with van der Waals surface area (Å²) < 4.78 is 13.1. The number of nitrogens with one attached hydrogen (secondary N) is 1. The van der Waals surface area contributed by atoms with Crippen LogP contribution in [0.4, 0.5) is 10.1 Å². The van der Waals surface area contributed by atoms with Crippen LogP contribution in [0, 0.1) is 5.82 Å². The van der Waals surface area contributed by atoms with E-state index in [-0.39, 0.29) is 5.82 Å². The molecule has 1 N–H and O–H groups in total. The van der Waals surface area contributed by atoms with E-state index in [0.29, 0.717) is 6.04 Å². The summed E-state index contributed by atoms with van der Waals surface area (Å²) in [5.41, 5.74) is 2.45. The Hall–Kier alpha value is -1.87. The van der Waals surface area contributed by atoms with Gasteiger partial charge in [0.05, 0.1) is 0 Å². The third-order valence-electron chi connectivity index (χ3n) is 3.82. The molecule has 1 heterocycles. The number of benzene rings is 2. The first kappa shape index (κ1) is 13.1. The van der Waals surface area contributed by atoms with Crippen LogP contribution in [-0.2, 0) is 6.42 Å². The Labute approximate surface area is 119 Å². The van der Waals surface area contributed by atoms with E-state index in [1.807, 2.05) is 18.2 Å². The molecular formula is C17H19FN2. The van der Waals surface area contributed by atoms with Crippen molar-refractivity contribution in [3.8, 4) is 0 Å². The molecule has 2 nitrogen and oxygen atoms in total. The number of piperazine rings is 1. The lowest BCUT2D eigenvalue weighted by molar-refractivity contribution is 0.473. The van der Waals surface area contributed by atoms with Crippen molar-refractivity contribution in [1.82, 2.24) is 5.32 Å². The Morgan fingerprint density at radius 1 is 1.05 bits per heavy atom. The minimum Gasteiger partial charge on any atom is -0.366 e. The Morgan fingerprint density at radius 2 is 1.80 bits per heavy atom. The van der Waals surface area contributed by atoms with Gasteiger partial charge in [0.1, 0.15) is 5.82 Å². The van der Waals surface area contributed by atoms with Crippen molar-refractivity contribution in [1.29, 1.82) is 0 Å². The lowest BCUT2D eigenvalue weighted by atomic mass is 10.0. The number of hydrogen-bond acceptors (Lipinski definition) is 2. The molecule has 3 rings (SSSR count). The molecule has 1 aliphatic rings. The SMILES string of the molecule is Fc1ccc(N2CCNCC2Cc2ccccc2)cc1. The van der Waals surface area contributed by atoms with Gasteiger partial charge in [0.15, 0.2) is 0 Å². The van der Waals surface area contributed by atoms with Gasteiger partial charge in [0, 0.05) is 31.4 Å². The molecule has 1 fully saturated rings. The molecule has 1 aliphatic heterocycles. The highest BCUT2D eigenvalue weighted by molar-refractivity contribution is 5.48. The summed E-state index contributed by atoms with van der Waals surface area (Å²) in [5, 5.41) is 3.45. The van der Waals surface area contributed by atoms with E-state index in [2.05, 4.69) is 34.5 Å². The molecule has 0 bridgehead atoms. The van der Waals surface area contributed by atoms with Crippen LogP contribution in [0.15, 0.2) is 54.6 Å². The molecule has 104 valence electrons. The van der Waals surface area contributed by atoms with Crippen LogP contribution in [0.1, 0.15) is 5.56 Å². The van der Waals surface area contributed by atoms with Gasteiger partial charge in [-0.15, -0.1) is 0 Å². The first-order valence-electron chi connectivity index (χ1n) is 7.10. The molecule has 3 heteroatoms. The Morgan fingerprint density at radius 3 is 2.55 bits per heavy atom. The van der Waals surface area contributed by atoms with Crippen molar-refractivity contribution in [2.45, 2.75) is 12.5 Å². The standard InChI is InChI=1S/C17H19FN2/c18-15-6-8-16(9-7-15)20-11-10-19-13-17(20)12-14-4-2-1-3-5-14/h1-9,17,19H,10-13H2. The van der Waals surface area contributed by atoms with E-state index in [0.717, 1.165) is 31.7 Å². The van der Waals surface area contributed by atoms with Gasteiger partial charge in [0.25, 0.3) is 0 Å². The Kier molecular flexibility index (Phi) is 3.97. The van der Waals surface area contributed by atoms with Crippen molar-refractivity contribution in [2.75, 3.05) is 24.5 Å². The van der Waals surface area contributed by atoms with Crippen LogP contribution < -0.4 is 10.2 Å². The molecule has 0 spiro atoms. The minimum atomic E-state index is -0.177. The number of anilines is 1. The van der Waals surface area contributed by atoms with Gasteiger partial charge in [0.2, 0.25) is 0 Å². The van der Waals surface area contributed by atoms with Crippen molar-refractivity contribution in [3.63, 3.8) is 0 Å². The van der Waals surface area contributed by atoms with Gasteiger partial charge < -0.3 is 10.2 Å². The lowest BCUT2D eigenvalue weighted by Crippen LogP contribution is -2.52. The summed E-state index contributed by atoms with van der Waals surface area (Å²) in [4.78, 5) is 2.38. The van der Waals surface area contributed by atoms with E-state index in [1.54, 1.807) is 0 Å². The number of rotatable bonds is 3. The molecular weight excluding hydrogens is 251 g/mol. The first-order chi connectivity index (χ1) is 9.83. The lowest BCUT2D eigenvalue weighted by Gasteiger charge is -2.38. The van der Waals surface area contributed by atoms with Crippen LogP contribution in [0.5, 0.6) is 0 Å². The van der Waals surface area contributed by atoms with Crippen LogP contribution >= 0.6 is 0 Å². The molecule has 0 radical (unpaired) electrons. The highest BCUT2D eigenvalue weighted by Gasteiger charge is 2.22. The molecule has 0 aliphatic carbocycles. The first-order valence-corrected chi connectivity index (χ1v) is 7.10. The molecule has 1 saturated heterocycles. The number of nitrogens with zero attached hydrogens (tertiary/aromatic N) is 1. The molecule has 0 aromatic heterocycles. The third kappa shape index (κ3) is 2.99. The zero-order valence-corrected chi connectivity index (χ0v) is 11.4. The Balaban J connectivity index is 1.78. The van der Waals surface area contributed by atoms with Crippen LogP contribution in [0.25, 0.3) is 0 Å². The van der Waals surface area contributed by atoms with E-state index < -0.39 is 0 Å². The summed E-state index contributed by atoms with van der Waals surface area (Å²) in [5.74, 6) is -0.177. The second-order valence-electron chi connectivity index (χ2n) is 5.22. The normalized spacial score (nSPS) is 19.1. The molecule has 1 unspecified atom stereocenters. The maximum atomic E-state index is 13.1. The summed E-state index contributed by atoms with van der Waals surface area (Å²) in [7, 11) is 0. The highest BCUT2D eigenvalue weighted by Crippen LogP contribution is 2.21. The van der Waals surface area contributed by atoms with Crippen molar-refractivity contribution >= 4 is 5.69 Å². The molecule has 0 amide bonds. The quantitative estimate of drug-likeness (QED) is 0.922. The van der Waals surface area contributed by atoms with Gasteiger partial charge in [-0.25, -0.2) is 4.39 Å². The van der Waals surface area contributed by atoms with Gasteiger partial charge in [-0.1, -0.05) is 30.3 Å². The summed E-state index contributed by atoms with van der Waals surface area (Å²) in [6, 6.07) is 17.8. The fraction of sp³-hybridized carbons (Fsp3) is 0.294. The monoisotopic (exact) mass is 270 g/mol. The molecule has 0 saturated carbocycles. The topological polar surface area (TPSA) is 15.3 Å². The van der Waals surface area contributed by atoms with Crippen molar-refractivity contribution in [3.05, 3.63) is 66.0 Å². The smallest absolute Gasteiger partial charge is 0.123 e. The average molecular weight is 270 g/mol. The van der Waals surface area contributed by atoms with E-state index in [4.69, 9.17) is 0 Å². The van der Waals surface area contributed by atoms with Gasteiger partial charge in [-0.2, -0.15) is 0 Å². The van der Waals surface area contributed by atoms with Gasteiger partial charge >= 0.3 is 0 Å². The molecule has 2 aromatic carbocycles. The molecule has 20 heavy (non-hydrogen) atoms. The third-order valence-corrected chi connectivity index (χ3v) is 3.82. The minimum absolute atomic E-state index is 0.177. The highest BCUT2D eigenvalue weighted by atomic mass is 19.1. The molecule has 2 aromatic rings. The largest absolute Gasteiger partial charge is 0.366 e.